The first kappa shape index (κ1) is 16.0. The van der Waals surface area contributed by atoms with E-state index in [1.807, 2.05) is 30.3 Å². The van der Waals surface area contributed by atoms with Gasteiger partial charge in [0, 0.05) is 13.1 Å². The zero-order valence-electron chi connectivity index (χ0n) is 12.6. The number of benzene rings is 1. The lowest BCUT2D eigenvalue weighted by molar-refractivity contribution is -0.138. The molecule has 0 spiro atoms. The van der Waals surface area contributed by atoms with Crippen molar-refractivity contribution in [3.8, 4) is 0 Å². The summed E-state index contributed by atoms with van der Waals surface area (Å²) in [6.07, 6.45) is 3.81. The summed E-state index contributed by atoms with van der Waals surface area (Å²) in [4.78, 5) is 11.4. The van der Waals surface area contributed by atoms with Crippen molar-refractivity contribution in [3.63, 3.8) is 0 Å². The molecule has 3 atom stereocenters. The molecule has 4 nitrogen and oxygen atoms in total. The van der Waals surface area contributed by atoms with Crippen LogP contribution in [0.5, 0.6) is 0 Å². The summed E-state index contributed by atoms with van der Waals surface area (Å²) < 4.78 is 0. The first-order chi connectivity index (χ1) is 10.0. The van der Waals surface area contributed by atoms with Crippen molar-refractivity contribution >= 4 is 5.97 Å². The van der Waals surface area contributed by atoms with Gasteiger partial charge in [-0.2, -0.15) is 0 Å². The first-order valence-corrected chi connectivity index (χ1v) is 7.71. The summed E-state index contributed by atoms with van der Waals surface area (Å²) in [6.45, 7) is 2.97. The van der Waals surface area contributed by atoms with E-state index in [9.17, 15) is 15.0 Å². The maximum Gasteiger partial charge on any atom is 0.312 e. The summed E-state index contributed by atoms with van der Waals surface area (Å²) in [6, 6.07) is 9.24. The molecule has 1 aromatic carbocycles. The Morgan fingerprint density at radius 2 is 2.14 bits per heavy atom. The summed E-state index contributed by atoms with van der Waals surface area (Å²) >= 11 is 0. The van der Waals surface area contributed by atoms with Crippen LogP contribution in [0.1, 0.15) is 44.1 Å². The number of hydrogen-bond acceptors (Lipinski definition) is 3. The van der Waals surface area contributed by atoms with Gasteiger partial charge in [0.05, 0.1) is 11.5 Å². The molecule has 0 saturated heterocycles. The molecule has 1 aliphatic carbocycles. The number of carboxylic acid groups (broad SMARTS) is 1. The molecule has 21 heavy (non-hydrogen) atoms. The molecule has 3 N–H and O–H groups in total. The smallest absolute Gasteiger partial charge is 0.312 e. The van der Waals surface area contributed by atoms with E-state index in [4.69, 9.17) is 0 Å². The van der Waals surface area contributed by atoms with Crippen LogP contribution in [-0.4, -0.2) is 34.9 Å². The van der Waals surface area contributed by atoms with Crippen molar-refractivity contribution in [2.75, 3.05) is 13.1 Å². The van der Waals surface area contributed by atoms with E-state index in [1.54, 1.807) is 0 Å². The Morgan fingerprint density at radius 3 is 2.76 bits per heavy atom. The third-order valence-corrected chi connectivity index (χ3v) is 4.37. The van der Waals surface area contributed by atoms with Gasteiger partial charge in [-0.3, -0.25) is 4.79 Å². The third-order valence-electron chi connectivity index (χ3n) is 4.37. The molecule has 1 fully saturated rings. The number of aliphatic carboxylic acids is 1. The number of carboxylic acids is 1. The highest BCUT2D eigenvalue weighted by molar-refractivity contribution is 5.76. The van der Waals surface area contributed by atoms with Crippen LogP contribution in [0.25, 0.3) is 0 Å². The van der Waals surface area contributed by atoms with Gasteiger partial charge < -0.3 is 15.5 Å². The van der Waals surface area contributed by atoms with Gasteiger partial charge in [0.1, 0.15) is 0 Å². The van der Waals surface area contributed by atoms with Gasteiger partial charge in [-0.25, -0.2) is 0 Å². The van der Waals surface area contributed by atoms with Gasteiger partial charge in [-0.15, -0.1) is 0 Å². The van der Waals surface area contributed by atoms with Crippen molar-refractivity contribution < 1.29 is 15.0 Å². The second-order valence-electron chi connectivity index (χ2n) is 6.36. The van der Waals surface area contributed by atoms with Crippen LogP contribution < -0.4 is 5.32 Å². The Hall–Kier alpha value is -1.39. The number of nitrogens with one attached hydrogen (secondary N) is 1. The van der Waals surface area contributed by atoms with Crippen LogP contribution >= 0.6 is 0 Å². The minimum Gasteiger partial charge on any atom is -0.481 e. The predicted octanol–water partition coefficient (Wildman–Crippen LogP) is 2.39. The number of hydrogen-bond donors (Lipinski definition) is 3. The summed E-state index contributed by atoms with van der Waals surface area (Å²) in [5, 5.41) is 23.1. The highest BCUT2D eigenvalue weighted by Crippen LogP contribution is 2.31. The number of aliphatic hydroxyl groups is 1. The van der Waals surface area contributed by atoms with E-state index < -0.39 is 17.5 Å². The molecular formula is C17H25NO3. The van der Waals surface area contributed by atoms with Gasteiger partial charge in [0.2, 0.25) is 0 Å². The Morgan fingerprint density at radius 1 is 1.43 bits per heavy atom. The number of rotatable bonds is 6. The summed E-state index contributed by atoms with van der Waals surface area (Å²) in [5.41, 5.74) is 0.110. The van der Waals surface area contributed by atoms with E-state index in [2.05, 4.69) is 12.2 Å². The second kappa shape index (κ2) is 7.05. The lowest BCUT2D eigenvalue weighted by Crippen LogP contribution is -2.45. The molecule has 2 rings (SSSR count). The van der Waals surface area contributed by atoms with Crippen LogP contribution in [0.15, 0.2) is 30.3 Å². The lowest BCUT2D eigenvalue weighted by atomic mass is 9.79. The minimum atomic E-state index is -0.835. The van der Waals surface area contributed by atoms with Gasteiger partial charge >= 0.3 is 5.97 Å². The monoisotopic (exact) mass is 291 g/mol. The minimum absolute atomic E-state index is 0.343. The summed E-state index contributed by atoms with van der Waals surface area (Å²) in [7, 11) is 0. The Labute approximate surface area is 126 Å². The van der Waals surface area contributed by atoms with Gasteiger partial charge in [-0.1, -0.05) is 50.1 Å². The quantitative estimate of drug-likeness (QED) is 0.752. The lowest BCUT2D eigenvalue weighted by Gasteiger charge is -2.36. The molecule has 0 radical (unpaired) electrons. The maximum atomic E-state index is 11.4. The van der Waals surface area contributed by atoms with Crippen molar-refractivity contribution in [3.05, 3.63) is 35.9 Å². The standard InChI is InChI=1S/C17H25NO3/c1-13-6-5-9-17(21,10-13)12-18-11-15(16(19)20)14-7-3-2-4-8-14/h2-4,7-8,13,15,18,21H,5-6,9-12H2,1H3,(H,19,20). The molecule has 4 heteroatoms. The molecule has 0 aromatic heterocycles. The van der Waals surface area contributed by atoms with Crippen molar-refractivity contribution in [2.24, 2.45) is 5.92 Å². The van der Waals surface area contributed by atoms with E-state index in [0.717, 1.165) is 24.8 Å². The maximum absolute atomic E-state index is 11.4. The molecule has 1 aromatic rings. The zero-order chi connectivity index (χ0) is 15.3. The molecule has 116 valence electrons. The fourth-order valence-electron chi connectivity index (χ4n) is 3.28. The van der Waals surface area contributed by atoms with Crippen molar-refractivity contribution in [1.29, 1.82) is 0 Å². The van der Waals surface area contributed by atoms with E-state index >= 15 is 0 Å². The third kappa shape index (κ3) is 4.55. The molecule has 0 amide bonds. The zero-order valence-corrected chi connectivity index (χ0v) is 12.6. The molecule has 0 aliphatic heterocycles. The molecule has 1 saturated carbocycles. The van der Waals surface area contributed by atoms with Crippen LogP contribution in [0.4, 0.5) is 0 Å². The van der Waals surface area contributed by atoms with Gasteiger partial charge in [-0.05, 0) is 24.3 Å². The molecule has 3 unspecified atom stereocenters. The van der Waals surface area contributed by atoms with Gasteiger partial charge in [0.25, 0.3) is 0 Å². The average molecular weight is 291 g/mol. The molecule has 0 bridgehead atoms. The van der Waals surface area contributed by atoms with Crippen LogP contribution in [0.3, 0.4) is 0 Å². The first-order valence-electron chi connectivity index (χ1n) is 7.71. The predicted molar refractivity (Wildman–Crippen MR) is 82.3 cm³/mol. The highest BCUT2D eigenvalue weighted by Gasteiger charge is 2.32. The van der Waals surface area contributed by atoms with E-state index in [0.29, 0.717) is 19.0 Å². The Balaban J connectivity index is 1.89. The van der Waals surface area contributed by atoms with E-state index in [1.165, 1.54) is 6.42 Å². The van der Waals surface area contributed by atoms with Crippen LogP contribution in [-0.2, 0) is 4.79 Å². The van der Waals surface area contributed by atoms with Crippen molar-refractivity contribution in [1.82, 2.24) is 5.32 Å². The fraction of sp³-hybridized carbons (Fsp3) is 0.588. The second-order valence-corrected chi connectivity index (χ2v) is 6.36. The normalized spacial score (nSPS) is 27.2. The average Bonchev–Trinajstić information content (AvgIpc) is 2.44. The number of carbonyl (C=O) groups is 1. The SMILES string of the molecule is CC1CCCC(O)(CNCC(C(=O)O)c2ccccc2)C1. The molecule has 1 aliphatic rings. The van der Waals surface area contributed by atoms with Crippen LogP contribution in [0, 0.1) is 5.92 Å². The largest absolute Gasteiger partial charge is 0.481 e. The topological polar surface area (TPSA) is 69.6 Å². The summed E-state index contributed by atoms with van der Waals surface area (Å²) in [5.74, 6) is -0.872. The molecular weight excluding hydrogens is 266 g/mol. The molecule has 0 heterocycles. The fourth-order valence-corrected chi connectivity index (χ4v) is 3.28. The Kier molecular flexibility index (Phi) is 5.37. The Bertz CT molecular complexity index is 462. The van der Waals surface area contributed by atoms with E-state index in [-0.39, 0.29) is 0 Å². The van der Waals surface area contributed by atoms with Gasteiger partial charge in [0.15, 0.2) is 0 Å². The highest BCUT2D eigenvalue weighted by atomic mass is 16.4. The van der Waals surface area contributed by atoms with Crippen molar-refractivity contribution in [2.45, 2.75) is 44.1 Å². The van der Waals surface area contributed by atoms with Crippen LogP contribution in [0.2, 0.25) is 0 Å².